The molecule has 5 aromatic heterocycles. The third-order valence-corrected chi connectivity index (χ3v) is 11.8. The van der Waals surface area contributed by atoms with Crippen molar-refractivity contribution >= 4 is 44.5 Å². The summed E-state index contributed by atoms with van der Waals surface area (Å²) in [7, 11) is 1.70. The average molecular weight is 681 g/mol. The van der Waals surface area contributed by atoms with Crippen molar-refractivity contribution in [1.82, 2.24) is 25.1 Å². The van der Waals surface area contributed by atoms with Gasteiger partial charge in [0, 0.05) is 33.4 Å². The summed E-state index contributed by atoms with van der Waals surface area (Å²) < 4.78 is 26.1. The number of nitrogens with zero attached hydrogens (tertiary/aromatic N) is 4. The number of aromatic nitrogens is 4. The second kappa shape index (κ2) is 11.4. The summed E-state index contributed by atoms with van der Waals surface area (Å²) in [5, 5.41) is 12.8. The Kier molecular flexibility index (Phi) is 6.94. The molecule has 7 heterocycles. The van der Waals surface area contributed by atoms with Gasteiger partial charge in [-0.2, -0.15) is 0 Å². The summed E-state index contributed by atoms with van der Waals surface area (Å²) in [5.41, 5.74) is 5.50. The Morgan fingerprint density at radius 3 is 2.88 bits per heavy atom. The number of rotatable bonds is 8. The third kappa shape index (κ3) is 4.66. The van der Waals surface area contributed by atoms with Crippen molar-refractivity contribution in [2.24, 2.45) is 0 Å². The average Bonchev–Trinajstić information content (AvgIpc) is 3.94. The number of nitrogens with one attached hydrogen (secondary N) is 2. The third-order valence-electron chi connectivity index (χ3n) is 9.66. The van der Waals surface area contributed by atoms with Crippen LogP contribution in [0.15, 0.2) is 57.2 Å². The lowest BCUT2D eigenvalue weighted by molar-refractivity contribution is 0.0776. The number of amides is 1. The van der Waals surface area contributed by atoms with Gasteiger partial charge >= 0.3 is 5.76 Å². The number of methoxy groups -OCH3 is 1. The molecule has 0 radical (unpaired) electrons. The zero-order chi connectivity index (χ0) is 32.5. The van der Waals surface area contributed by atoms with Crippen molar-refractivity contribution in [1.29, 1.82) is 0 Å². The van der Waals surface area contributed by atoms with Crippen LogP contribution in [0.3, 0.4) is 0 Å². The summed E-state index contributed by atoms with van der Waals surface area (Å²) in [6.07, 6.45) is 6.32. The van der Waals surface area contributed by atoms with E-state index in [2.05, 4.69) is 27.6 Å². The summed E-state index contributed by atoms with van der Waals surface area (Å²) in [4.78, 5) is 39.9. The molecule has 1 aromatic carbocycles. The molecule has 242 valence electrons. The summed E-state index contributed by atoms with van der Waals surface area (Å²) in [5.74, 6) is 0.682. The van der Waals surface area contributed by atoms with Crippen molar-refractivity contribution < 1.29 is 18.3 Å². The molecule has 6 aromatic rings. The Labute approximate surface area is 281 Å². The number of thiophene rings is 2. The molecular weight excluding hydrogens is 652 g/mol. The molecule has 2 aliphatic heterocycles. The molecule has 1 amide bonds. The number of carbonyl (C=O) groups excluding carboxylic acids is 1. The number of aryl methyl sites for hydroxylation is 2. The van der Waals surface area contributed by atoms with Crippen LogP contribution in [0.1, 0.15) is 69.1 Å². The number of benzene rings is 1. The second-order valence-corrected chi connectivity index (χ2v) is 14.4. The van der Waals surface area contributed by atoms with Crippen LogP contribution in [0.5, 0.6) is 5.75 Å². The molecule has 10 nitrogen and oxygen atoms in total. The van der Waals surface area contributed by atoms with E-state index in [4.69, 9.17) is 19.1 Å². The van der Waals surface area contributed by atoms with Gasteiger partial charge in [-0.3, -0.25) is 9.78 Å². The fraction of sp³-hybridized carbons (Fsp3) is 0.286. The molecule has 1 fully saturated rings. The highest BCUT2D eigenvalue weighted by Gasteiger charge is 2.45. The number of carbonyl (C=O) groups is 1. The number of fused-ring (bicyclic) bond motifs is 5. The smallest absolute Gasteiger partial charge is 0.434 e. The topological polar surface area (TPSA) is 126 Å². The molecule has 2 N–H and O–H groups in total. The molecule has 9 rings (SSSR count). The first-order valence-corrected chi connectivity index (χ1v) is 17.6. The zero-order valence-corrected chi connectivity index (χ0v) is 27.5. The highest BCUT2D eigenvalue weighted by Crippen LogP contribution is 2.50. The number of hydrogen-bond donors (Lipinski definition) is 2. The highest BCUT2D eigenvalue weighted by molar-refractivity contribution is 7.23. The Balaban J connectivity index is 1.21. The van der Waals surface area contributed by atoms with Crippen LogP contribution >= 0.6 is 22.7 Å². The molecule has 0 spiro atoms. The van der Waals surface area contributed by atoms with Crippen LogP contribution in [-0.4, -0.2) is 44.6 Å². The molecule has 1 aliphatic carbocycles. The van der Waals surface area contributed by atoms with E-state index < -0.39 is 5.76 Å². The van der Waals surface area contributed by atoms with E-state index >= 15 is 0 Å². The molecule has 13 heteroatoms. The number of halogens is 1. The van der Waals surface area contributed by atoms with Gasteiger partial charge in [0.25, 0.3) is 11.8 Å². The molecule has 2 atom stereocenters. The van der Waals surface area contributed by atoms with Crippen molar-refractivity contribution in [2.75, 3.05) is 19.0 Å². The van der Waals surface area contributed by atoms with Gasteiger partial charge in [0.15, 0.2) is 0 Å². The Hall–Kier alpha value is -4.88. The Morgan fingerprint density at radius 1 is 1.15 bits per heavy atom. The van der Waals surface area contributed by atoms with Gasteiger partial charge in [0.1, 0.15) is 17.4 Å². The van der Waals surface area contributed by atoms with Crippen molar-refractivity contribution in [3.8, 4) is 27.6 Å². The maximum absolute atomic E-state index is 14.1. The lowest BCUT2D eigenvalue weighted by Crippen LogP contribution is -2.22. The van der Waals surface area contributed by atoms with Gasteiger partial charge in [-0.25, -0.2) is 19.3 Å². The number of hydrogen-bond acceptors (Lipinski definition) is 10. The quantitative estimate of drug-likeness (QED) is 0.175. The lowest BCUT2D eigenvalue weighted by Gasteiger charge is -2.16. The number of ether oxygens (including phenoxy) is 1. The summed E-state index contributed by atoms with van der Waals surface area (Å²) in [6, 6.07) is 11.7. The van der Waals surface area contributed by atoms with E-state index in [9.17, 15) is 14.0 Å². The number of pyridine rings is 2. The minimum atomic E-state index is -0.699. The fourth-order valence-corrected chi connectivity index (χ4v) is 9.49. The van der Waals surface area contributed by atoms with E-state index in [-0.39, 0.29) is 29.7 Å². The fourth-order valence-electron chi connectivity index (χ4n) is 7.59. The second-order valence-electron chi connectivity index (χ2n) is 12.3. The first-order chi connectivity index (χ1) is 23.5. The number of H-pyrrole nitrogens is 1. The van der Waals surface area contributed by atoms with Gasteiger partial charge in [-0.1, -0.05) is 12.1 Å². The molecule has 2 unspecified atom stereocenters. The molecule has 0 bridgehead atoms. The lowest BCUT2D eigenvalue weighted by atomic mass is 9.93. The van der Waals surface area contributed by atoms with E-state index in [1.165, 1.54) is 45.2 Å². The molecular formula is C35H29FN6O4S2. The van der Waals surface area contributed by atoms with Gasteiger partial charge < -0.3 is 19.4 Å². The van der Waals surface area contributed by atoms with Crippen molar-refractivity contribution in [3.05, 3.63) is 97.3 Å². The highest BCUT2D eigenvalue weighted by atomic mass is 32.1. The minimum absolute atomic E-state index is 0.0697. The van der Waals surface area contributed by atoms with Crippen molar-refractivity contribution in [3.63, 3.8) is 0 Å². The van der Waals surface area contributed by atoms with Crippen LogP contribution in [0, 0.1) is 5.82 Å². The van der Waals surface area contributed by atoms with Crippen LogP contribution in [0.4, 0.5) is 10.2 Å². The van der Waals surface area contributed by atoms with Crippen LogP contribution in [-0.2, 0) is 19.3 Å². The van der Waals surface area contributed by atoms with Gasteiger partial charge in [0.05, 0.1) is 46.4 Å². The SMILES string of the molecule is COc1cccc2c1CCC2Nc1nccc2cc(-c3c4c(nc(CCc5cc(F)cs5)c3-c3n[nH]c(=O)o3)C3CCCN3C4=O)sc12. The maximum Gasteiger partial charge on any atom is 0.434 e. The normalized spacial score (nSPS) is 18.0. The van der Waals surface area contributed by atoms with Crippen LogP contribution < -0.4 is 15.8 Å². The van der Waals surface area contributed by atoms with E-state index in [1.54, 1.807) is 13.3 Å². The van der Waals surface area contributed by atoms with Crippen molar-refractivity contribution in [2.45, 2.75) is 50.6 Å². The van der Waals surface area contributed by atoms with Gasteiger partial charge in [-0.05, 0) is 79.3 Å². The van der Waals surface area contributed by atoms with E-state index in [0.29, 0.717) is 41.8 Å². The zero-order valence-electron chi connectivity index (χ0n) is 25.8. The molecule has 0 saturated carbocycles. The standard InChI is InChI=1S/C35H29FN6O4S2/c1-45-25-6-2-4-20-21(25)8-10-22(20)39-32-31-17(11-12-37-32)14-26(48-31)28-27(33-40-41-35(44)46-33)23(9-7-19-15-18(36)16-47-19)38-30-24-5-3-13-42(24)34(43)29(28)30/h2,4,6,11-12,14-16,22,24H,3,5,7-10,13H2,1H3,(H,37,39)(H,41,44). The number of anilines is 1. The van der Waals surface area contributed by atoms with E-state index in [0.717, 1.165) is 62.8 Å². The monoisotopic (exact) mass is 680 g/mol. The molecule has 1 saturated heterocycles. The Morgan fingerprint density at radius 2 is 2.06 bits per heavy atom. The molecule has 48 heavy (non-hydrogen) atoms. The van der Waals surface area contributed by atoms with Gasteiger partial charge in [0.2, 0.25) is 0 Å². The van der Waals surface area contributed by atoms with Crippen LogP contribution in [0.2, 0.25) is 0 Å². The molecule has 3 aliphatic rings. The van der Waals surface area contributed by atoms with E-state index in [1.807, 2.05) is 23.1 Å². The first-order valence-electron chi connectivity index (χ1n) is 15.9. The maximum atomic E-state index is 14.1. The Bertz CT molecular complexity index is 2310. The van der Waals surface area contributed by atoms with Gasteiger partial charge in [-0.15, -0.1) is 27.8 Å². The predicted octanol–water partition coefficient (Wildman–Crippen LogP) is 7.09. The minimum Gasteiger partial charge on any atom is -0.496 e. The predicted molar refractivity (Wildman–Crippen MR) is 181 cm³/mol. The summed E-state index contributed by atoms with van der Waals surface area (Å²) in [6.45, 7) is 0.661. The number of aromatic amines is 1. The van der Waals surface area contributed by atoms with Crippen LogP contribution in [0.25, 0.3) is 32.0 Å². The first kappa shape index (κ1) is 29.3. The largest absolute Gasteiger partial charge is 0.496 e. The summed E-state index contributed by atoms with van der Waals surface area (Å²) >= 11 is 2.89.